The number of carbonyl (C=O) groups excluding carboxylic acids is 1. The van der Waals surface area contributed by atoms with Gasteiger partial charge in [0, 0.05) is 34.9 Å². The molecule has 1 unspecified atom stereocenters. The highest BCUT2D eigenvalue weighted by Crippen LogP contribution is 2.27. The van der Waals surface area contributed by atoms with E-state index in [1.54, 1.807) is 24.1 Å². The molecule has 2 aromatic rings. The van der Waals surface area contributed by atoms with E-state index in [9.17, 15) is 13.2 Å². The molecule has 1 aliphatic heterocycles. The number of aromatic nitrogens is 2. The molecule has 6 nitrogen and oxygen atoms in total. The van der Waals surface area contributed by atoms with Crippen LogP contribution in [0, 0.1) is 13.8 Å². The van der Waals surface area contributed by atoms with Crippen molar-refractivity contribution in [3.8, 4) is 0 Å². The molecule has 3 rings (SSSR count). The van der Waals surface area contributed by atoms with E-state index >= 15 is 0 Å². The molecule has 1 amide bonds. The molecular formula is C18H22BrN3O3S. The van der Waals surface area contributed by atoms with Crippen LogP contribution in [0.25, 0.3) is 0 Å². The van der Waals surface area contributed by atoms with Crippen LogP contribution in [0.2, 0.25) is 0 Å². The predicted octanol–water partition coefficient (Wildman–Crippen LogP) is 2.89. The molecule has 0 radical (unpaired) electrons. The summed E-state index contributed by atoms with van der Waals surface area (Å²) in [5, 5.41) is 4.56. The van der Waals surface area contributed by atoms with E-state index in [-0.39, 0.29) is 23.5 Å². The Hall–Kier alpha value is -1.67. The molecule has 1 atom stereocenters. The zero-order chi connectivity index (χ0) is 19.1. The molecule has 26 heavy (non-hydrogen) atoms. The van der Waals surface area contributed by atoms with Crippen molar-refractivity contribution in [1.29, 1.82) is 0 Å². The summed E-state index contributed by atoms with van der Waals surface area (Å²) >= 11 is 3.39. The van der Waals surface area contributed by atoms with E-state index in [2.05, 4.69) is 21.0 Å². The number of hydrogen-bond donors (Lipinski definition) is 0. The highest BCUT2D eigenvalue weighted by molar-refractivity contribution is 9.10. The van der Waals surface area contributed by atoms with Gasteiger partial charge in [0.25, 0.3) is 5.91 Å². The topological polar surface area (TPSA) is 72.3 Å². The Kier molecular flexibility index (Phi) is 5.25. The minimum atomic E-state index is -2.97. The van der Waals surface area contributed by atoms with Crippen LogP contribution >= 0.6 is 15.9 Å². The van der Waals surface area contributed by atoms with Crippen LogP contribution in [0.1, 0.15) is 39.8 Å². The Bertz CT molecular complexity index is 953. The molecule has 8 heteroatoms. The Morgan fingerprint density at radius 2 is 2.12 bits per heavy atom. The van der Waals surface area contributed by atoms with Gasteiger partial charge in [0.2, 0.25) is 0 Å². The summed E-state index contributed by atoms with van der Waals surface area (Å²) < 4.78 is 26.2. The molecule has 2 heterocycles. The van der Waals surface area contributed by atoms with Crippen molar-refractivity contribution in [3.05, 3.63) is 51.3 Å². The molecule has 0 bridgehead atoms. The molecular weight excluding hydrogens is 418 g/mol. The maximum atomic E-state index is 12.7. The number of aryl methyl sites for hydroxylation is 1. The minimum absolute atomic E-state index is 0.0682. The van der Waals surface area contributed by atoms with Crippen molar-refractivity contribution >= 4 is 31.7 Å². The number of halogens is 1. The highest BCUT2D eigenvalue weighted by atomic mass is 79.9. The lowest BCUT2D eigenvalue weighted by atomic mass is 10.1. The Labute approximate surface area is 162 Å². The van der Waals surface area contributed by atoms with E-state index < -0.39 is 9.84 Å². The molecule has 1 aromatic heterocycles. The number of nitrogens with zero attached hydrogens (tertiary/aromatic N) is 3. The monoisotopic (exact) mass is 439 g/mol. The SMILES string of the molecule is Cc1nn(C2CCS(=O)(=O)C2)c(C)c1CN(C)C(=O)c1cccc(Br)c1. The normalized spacial score (nSPS) is 18.8. The molecule has 1 fully saturated rings. The molecule has 140 valence electrons. The van der Waals surface area contributed by atoms with E-state index in [0.717, 1.165) is 21.4 Å². The van der Waals surface area contributed by atoms with Gasteiger partial charge >= 0.3 is 0 Å². The zero-order valence-electron chi connectivity index (χ0n) is 15.1. The van der Waals surface area contributed by atoms with Crippen LogP contribution in [-0.2, 0) is 16.4 Å². The second-order valence-electron chi connectivity index (χ2n) is 6.82. The fourth-order valence-corrected chi connectivity index (χ4v) is 5.49. The molecule has 0 aliphatic carbocycles. The summed E-state index contributed by atoms with van der Waals surface area (Å²) in [4.78, 5) is 14.3. The van der Waals surface area contributed by atoms with Gasteiger partial charge in [-0.05, 0) is 38.5 Å². The van der Waals surface area contributed by atoms with Gasteiger partial charge in [0.1, 0.15) is 0 Å². The summed E-state index contributed by atoms with van der Waals surface area (Å²) in [6.07, 6.45) is 0.594. The first-order chi connectivity index (χ1) is 12.2. The smallest absolute Gasteiger partial charge is 0.253 e. The lowest BCUT2D eigenvalue weighted by Crippen LogP contribution is -2.26. The number of benzene rings is 1. The summed E-state index contributed by atoms with van der Waals surface area (Å²) in [6.45, 7) is 4.28. The Morgan fingerprint density at radius 3 is 2.73 bits per heavy atom. The van der Waals surface area contributed by atoms with Gasteiger partial charge in [-0.1, -0.05) is 22.0 Å². The predicted molar refractivity (Wildman–Crippen MR) is 104 cm³/mol. The third-order valence-corrected chi connectivity index (χ3v) is 7.09. The average molecular weight is 440 g/mol. The van der Waals surface area contributed by atoms with Gasteiger partial charge in [-0.2, -0.15) is 5.10 Å². The number of hydrogen-bond acceptors (Lipinski definition) is 4. The minimum Gasteiger partial charge on any atom is -0.337 e. The van der Waals surface area contributed by atoms with Gasteiger partial charge in [0.05, 0.1) is 23.2 Å². The first kappa shape index (κ1) is 19.1. The summed E-state index contributed by atoms with van der Waals surface area (Å²) in [6, 6.07) is 7.19. The van der Waals surface area contributed by atoms with Gasteiger partial charge in [0.15, 0.2) is 9.84 Å². The third-order valence-electron chi connectivity index (χ3n) is 4.84. The van der Waals surface area contributed by atoms with E-state index in [0.29, 0.717) is 18.5 Å². The maximum Gasteiger partial charge on any atom is 0.253 e. The van der Waals surface area contributed by atoms with E-state index in [4.69, 9.17) is 0 Å². The van der Waals surface area contributed by atoms with Gasteiger partial charge in [-0.15, -0.1) is 0 Å². The van der Waals surface area contributed by atoms with Crippen LogP contribution in [0.4, 0.5) is 0 Å². The standard InChI is InChI=1S/C18H22BrN3O3S/c1-12-17(10-21(3)18(23)14-5-4-6-15(19)9-14)13(2)22(20-12)16-7-8-26(24,25)11-16/h4-6,9,16H,7-8,10-11H2,1-3H3. The molecule has 0 N–H and O–H groups in total. The van der Waals surface area contributed by atoms with Crippen LogP contribution in [-0.4, -0.2) is 47.6 Å². The second-order valence-corrected chi connectivity index (χ2v) is 9.97. The Morgan fingerprint density at radius 1 is 1.38 bits per heavy atom. The van der Waals surface area contributed by atoms with Crippen LogP contribution in [0.5, 0.6) is 0 Å². The number of carbonyl (C=O) groups is 1. The largest absolute Gasteiger partial charge is 0.337 e. The van der Waals surface area contributed by atoms with Crippen LogP contribution in [0.15, 0.2) is 28.7 Å². The molecule has 1 aliphatic rings. The summed E-state index contributed by atoms with van der Waals surface area (Å²) in [5.41, 5.74) is 3.35. The van der Waals surface area contributed by atoms with Gasteiger partial charge < -0.3 is 4.90 Å². The van der Waals surface area contributed by atoms with Gasteiger partial charge in [-0.3, -0.25) is 9.48 Å². The molecule has 0 saturated carbocycles. The Balaban J connectivity index is 1.81. The van der Waals surface area contributed by atoms with Crippen molar-refractivity contribution in [2.24, 2.45) is 0 Å². The number of rotatable bonds is 4. The van der Waals surface area contributed by atoms with E-state index in [1.807, 2.05) is 30.7 Å². The molecule has 1 saturated heterocycles. The summed E-state index contributed by atoms with van der Waals surface area (Å²) in [5.74, 6) is 0.287. The first-order valence-electron chi connectivity index (χ1n) is 8.44. The van der Waals surface area contributed by atoms with Crippen molar-refractivity contribution in [2.75, 3.05) is 18.6 Å². The third kappa shape index (κ3) is 3.86. The van der Waals surface area contributed by atoms with E-state index in [1.165, 1.54) is 0 Å². The summed E-state index contributed by atoms with van der Waals surface area (Å²) in [7, 11) is -1.21. The van der Waals surface area contributed by atoms with Crippen LogP contribution in [0.3, 0.4) is 0 Å². The van der Waals surface area contributed by atoms with Crippen molar-refractivity contribution < 1.29 is 13.2 Å². The average Bonchev–Trinajstić information content (AvgIpc) is 3.07. The number of amides is 1. The lowest BCUT2D eigenvalue weighted by molar-refractivity contribution is 0.0784. The van der Waals surface area contributed by atoms with Crippen molar-refractivity contribution in [1.82, 2.24) is 14.7 Å². The number of sulfone groups is 1. The molecule has 1 aromatic carbocycles. The maximum absolute atomic E-state index is 12.7. The fraction of sp³-hybridized carbons (Fsp3) is 0.444. The fourth-order valence-electron chi connectivity index (χ4n) is 3.40. The van der Waals surface area contributed by atoms with Crippen molar-refractivity contribution in [2.45, 2.75) is 32.9 Å². The van der Waals surface area contributed by atoms with Crippen molar-refractivity contribution in [3.63, 3.8) is 0 Å². The zero-order valence-corrected chi connectivity index (χ0v) is 17.5. The molecule has 0 spiro atoms. The highest BCUT2D eigenvalue weighted by Gasteiger charge is 2.31. The first-order valence-corrected chi connectivity index (χ1v) is 11.1. The lowest BCUT2D eigenvalue weighted by Gasteiger charge is -2.18. The quantitative estimate of drug-likeness (QED) is 0.733. The second kappa shape index (κ2) is 7.15. The van der Waals surface area contributed by atoms with Gasteiger partial charge in [-0.25, -0.2) is 8.42 Å². The van der Waals surface area contributed by atoms with Crippen LogP contribution < -0.4 is 0 Å².